The van der Waals surface area contributed by atoms with Crippen LogP contribution in [0.3, 0.4) is 0 Å². The van der Waals surface area contributed by atoms with Crippen molar-refractivity contribution in [1.82, 2.24) is 15.2 Å². The van der Waals surface area contributed by atoms with Crippen molar-refractivity contribution in [3.8, 4) is 0 Å². The fraction of sp³-hybridized carbons (Fsp3) is 0.643. The molecule has 0 aliphatic carbocycles. The van der Waals surface area contributed by atoms with Crippen LogP contribution in [0.1, 0.15) is 37.2 Å². The van der Waals surface area contributed by atoms with Gasteiger partial charge < -0.3 is 15.2 Å². The summed E-state index contributed by atoms with van der Waals surface area (Å²) in [6, 6.07) is 1.33. The highest BCUT2D eigenvalue weighted by atomic mass is 16.6. The maximum Gasteiger partial charge on any atom is 0.287 e. The second-order valence-corrected chi connectivity index (χ2v) is 5.90. The number of aromatic nitrogens is 1. The van der Waals surface area contributed by atoms with Crippen LogP contribution in [0, 0.1) is 15.5 Å². The number of piperidine rings is 1. The van der Waals surface area contributed by atoms with Crippen LogP contribution < -0.4 is 10.6 Å². The van der Waals surface area contributed by atoms with Gasteiger partial charge in [0.25, 0.3) is 11.6 Å². The largest absolute Gasteiger partial charge is 0.350 e. The Hall–Kier alpha value is -1.89. The normalized spacial score (nSPS) is 22.0. The molecule has 0 spiro atoms. The summed E-state index contributed by atoms with van der Waals surface area (Å²) in [7, 11) is 0. The maximum atomic E-state index is 12.3. The van der Waals surface area contributed by atoms with Crippen molar-refractivity contribution >= 4 is 11.6 Å². The number of nitro groups is 1. The number of rotatable bonds is 5. The van der Waals surface area contributed by atoms with E-state index in [0.29, 0.717) is 18.8 Å². The predicted octanol–water partition coefficient (Wildman–Crippen LogP) is 1.54. The summed E-state index contributed by atoms with van der Waals surface area (Å²) in [4.78, 5) is 22.6. The number of aryl methyl sites for hydroxylation is 1. The van der Waals surface area contributed by atoms with E-state index in [4.69, 9.17) is 0 Å². The molecule has 7 nitrogen and oxygen atoms in total. The molecule has 0 saturated carbocycles. The summed E-state index contributed by atoms with van der Waals surface area (Å²) in [6.45, 7) is 6.99. The molecule has 1 aliphatic rings. The zero-order valence-corrected chi connectivity index (χ0v) is 12.5. The van der Waals surface area contributed by atoms with E-state index in [1.165, 1.54) is 12.3 Å². The lowest BCUT2D eigenvalue weighted by Crippen LogP contribution is -2.45. The number of nitrogens with zero attached hydrogens (tertiary/aromatic N) is 2. The Kier molecular flexibility index (Phi) is 4.62. The van der Waals surface area contributed by atoms with Gasteiger partial charge in [-0.3, -0.25) is 14.9 Å². The third kappa shape index (κ3) is 3.60. The molecule has 7 heteroatoms. The Morgan fingerprint density at radius 2 is 2.38 bits per heavy atom. The van der Waals surface area contributed by atoms with Gasteiger partial charge in [0, 0.05) is 25.7 Å². The van der Waals surface area contributed by atoms with Crippen LogP contribution in [-0.2, 0) is 6.54 Å². The first kappa shape index (κ1) is 15.5. The number of nitrogens with one attached hydrogen (secondary N) is 2. The Labute approximate surface area is 123 Å². The summed E-state index contributed by atoms with van der Waals surface area (Å²) >= 11 is 0. The van der Waals surface area contributed by atoms with Crippen LogP contribution in [-0.4, -0.2) is 35.0 Å². The molecule has 1 aliphatic heterocycles. The highest BCUT2D eigenvalue weighted by molar-refractivity contribution is 5.93. The fourth-order valence-electron chi connectivity index (χ4n) is 2.70. The van der Waals surface area contributed by atoms with Gasteiger partial charge in [0.1, 0.15) is 5.69 Å². The first-order chi connectivity index (χ1) is 9.95. The molecule has 1 aromatic rings. The van der Waals surface area contributed by atoms with E-state index in [1.807, 2.05) is 6.92 Å². The SMILES string of the molecule is CCn1cc([N+](=O)[O-])cc1C(=O)NCC1(C)CCCNC1. The highest BCUT2D eigenvalue weighted by Crippen LogP contribution is 2.24. The minimum Gasteiger partial charge on any atom is -0.350 e. The maximum absolute atomic E-state index is 12.3. The molecule has 1 amide bonds. The van der Waals surface area contributed by atoms with Crippen molar-refractivity contribution < 1.29 is 9.72 Å². The Balaban J connectivity index is 2.04. The highest BCUT2D eigenvalue weighted by Gasteiger charge is 2.28. The van der Waals surface area contributed by atoms with Crippen LogP contribution in [0.4, 0.5) is 5.69 Å². The van der Waals surface area contributed by atoms with Crippen LogP contribution >= 0.6 is 0 Å². The zero-order chi connectivity index (χ0) is 15.5. The second kappa shape index (κ2) is 6.26. The van der Waals surface area contributed by atoms with E-state index in [2.05, 4.69) is 17.6 Å². The molecule has 1 fully saturated rings. The topological polar surface area (TPSA) is 89.2 Å². The molecule has 0 bridgehead atoms. The van der Waals surface area contributed by atoms with Gasteiger partial charge >= 0.3 is 0 Å². The minimum absolute atomic E-state index is 0.0451. The predicted molar refractivity (Wildman–Crippen MR) is 79.3 cm³/mol. The molecule has 2 N–H and O–H groups in total. The van der Waals surface area contributed by atoms with Gasteiger partial charge in [-0.05, 0) is 31.7 Å². The number of carbonyl (C=O) groups is 1. The van der Waals surface area contributed by atoms with Crippen molar-refractivity contribution in [3.05, 3.63) is 28.1 Å². The molecular weight excluding hydrogens is 272 g/mol. The van der Waals surface area contributed by atoms with Crippen molar-refractivity contribution in [2.24, 2.45) is 5.41 Å². The number of amides is 1. The van der Waals surface area contributed by atoms with Crippen LogP contribution in [0.5, 0.6) is 0 Å². The third-order valence-corrected chi connectivity index (χ3v) is 4.03. The van der Waals surface area contributed by atoms with Gasteiger partial charge in [-0.2, -0.15) is 0 Å². The van der Waals surface area contributed by atoms with Crippen molar-refractivity contribution in [1.29, 1.82) is 0 Å². The molecule has 116 valence electrons. The first-order valence-electron chi connectivity index (χ1n) is 7.29. The Morgan fingerprint density at radius 3 is 2.95 bits per heavy atom. The van der Waals surface area contributed by atoms with Crippen molar-refractivity contribution in [2.75, 3.05) is 19.6 Å². The van der Waals surface area contributed by atoms with Crippen LogP contribution in [0.15, 0.2) is 12.3 Å². The third-order valence-electron chi connectivity index (χ3n) is 4.03. The molecule has 0 radical (unpaired) electrons. The van der Waals surface area contributed by atoms with Crippen molar-refractivity contribution in [3.63, 3.8) is 0 Å². The molecule has 1 saturated heterocycles. The van der Waals surface area contributed by atoms with Gasteiger partial charge in [-0.15, -0.1) is 0 Å². The summed E-state index contributed by atoms with van der Waals surface area (Å²) in [6.07, 6.45) is 3.57. The van der Waals surface area contributed by atoms with Gasteiger partial charge in [-0.25, -0.2) is 0 Å². The summed E-state index contributed by atoms with van der Waals surface area (Å²) in [5, 5.41) is 17.1. The van der Waals surface area contributed by atoms with Gasteiger partial charge in [-0.1, -0.05) is 6.92 Å². The van der Waals surface area contributed by atoms with E-state index in [-0.39, 0.29) is 17.0 Å². The lowest BCUT2D eigenvalue weighted by atomic mass is 9.83. The Morgan fingerprint density at radius 1 is 1.62 bits per heavy atom. The monoisotopic (exact) mass is 294 g/mol. The average molecular weight is 294 g/mol. The lowest BCUT2D eigenvalue weighted by molar-refractivity contribution is -0.384. The molecule has 2 rings (SSSR count). The van der Waals surface area contributed by atoms with E-state index >= 15 is 0 Å². The molecule has 1 aromatic heterocycles. The second-order valence-electron chi connectivity index (χ2n) is 5.90. The van der Waals surface area contributed by atoms with Crippen LogP contribution in [0.2, 0.25) is 0 Å². The lowest BCUT2D eigenvalue weighted by Gasteiger charge is -2.34. The van der Waals surface area contributed by atoms with E-state index in [1.54, 1.807) is 4.57 Å². The summed E-state index contributed by atoms with van der Waals surface area (Å²) in [5.74, 6) is -0.253. The van der Waals surface area contributed by atoms with E-state index < -0.39 is 4.92 Å². The van der Waals surface area contributed by atoms with E-state index in [0.717, 1.165) is 25.9 Å². The van der Waals surface area contributed by atoms with Gasteiger partial charge in [0.2, 0.25) is 0 Å². The average Bonchev–Trinajstić information content (AvgIpc) is 2.90. The number of carbonyl (C=O) groups excluding carboxylic acids is 1. The zero-order valence-electron chi connectivity index (χ0n) is 12.5. The standard InChI is InChI=1S/C14H22N4O3/c1-3-17-8-11(18(20)21)7-12(17)13(19)16-10-14(2)5-4-6-15-9-14/h7-8,15H,3-6,9-10H2,1-2H3,(H,16,19). The molecule has 21 heavy (non-hydrogen) atoms. The Bertz CT molecular complexity index is 532. The summed E-state index contributed by atoms with van der Waals surface area (Å²) in [5.41, 5.74) is 0.341. The minimum atomic E-state index is -0.477. The number of hydrogen-bond acceptors (Lipinski definition) is 4. The first-order valence-corrected chi connectivity index (χ1v) is 7.29. The molecule has 1 unspecified atom stereocenters. The molecular formula is C14H22N4O3. The van der Waals surface area contributed by atoms with Crippen LogP contribution in [0.25, 0.3) is 0 Å². The molecule has 0 aromatic carbocycles. The van der Waals surface area contributed by atoms with Crippen molar-refractivity contribution in [2.45, 2.75) is 33.2 Å². The van der Waals surface area contributed by atoms with E-state index in [9.17, 15) is 14.9 Å². The summed E-state index contributed by atoms with van der Waals surface area (Å²) < 4.78 is 1.61. The molecule has 1 atom stereocenters. The molecule has 2 heterocycles. The quantitative estimate of drug-likeness (QED) is 0.636. The van der Waals surface area contributed by atoms with Gasteiger partial charge in [0.15, 0.2) is 0 Å². The van der Waals surface area contributed by atoms with Gasteiger partial charge in [0.05, 0.1) is 11.1 Å². The smallest absolute Gasteiger partial charge is 0.287 e. The fourth-order valence-corrected chi connectivity index (χ4v) is 2.70. The number of hydrogen-bond donors (Lipinski definition) is 2.